The second-order valence-corrected chi connectivity index (χ2v) is 4.80. The van der Waals surface area contributed by atoms with Crippen LogP contribution in [0.4, 0.5) is 0 Å². The van der Waals surface area contributed by atoms with Crippen molar-refractivity contribution >= 4 is 10.9 Å². The number of ether oxygens (including phenoxy) is 1. The monoisotopic (exact) mass is 255 g/mol. The van der Waals surface area contributed by atoms with Crippen molar-refractivity contribution in [1.29, 1.82) is 5.26 Å². The maximum atomic E-state index is 12.2. The number of hydrogen-bond acceptors (Lipinski definition) is 4. The fourth-order valence-corrected chi connectivity index (χ4v) is 2.51. The van der Waals surface area contributed by atoms with E-state index < -0.39 is 0 Å². The second-order valence-electron chi connectivity index (χ2n) is 4.80. The maximum absolute atomic E-state index is 12.2. The van der Waals surface area contributed by atoms with Crippen LogP contribution in [-0.4, -0.2) is 16.1 Å². The average Bonchev–Trinajstić information content (AvgIpc) is 2.84. The van der Waals surface area contributed by atoms with E-state index in [0.29, 0.717) is 10.9 Å². The van der Waals surface area contributed by atoms with Gasteiger partial charge in [0, 0.05) is 18.0 Å². The van der Waals surface area contributed by atoms with Crippen LogP contribution in [0.2, 0.25) is 0 Å². The molecule has 2 atom stereocenters. The Morgan fingerprint density at radius 3 is 3.05 bits per heavy atom. The van der Waals surface area contributed by atoms with Crippen LogP contribution in [-0.2, 0) is 4.74 Å². The van der Waals surface area contributed by atoms with Gasteiger partial charge in [-0.15, -0.1) is 0 Å². The van der Waals surface area contributed by atoms with E-state index in [1.165, 1.54) is 12.3 Å². The van der Waals surface area contributed by atoms with Crippen LogP contribution >= 0.6 is 0 Å². The first-order chi connectivity index (χ1) is 9.19. The number of aromatic amines is 1. The highest BCUT2D eigenvalue weighted by Crippen LogP contribution is 2.31. The van der Waals surface area contributed by atoms with E-state index in [1.807, 2.05) is 13.0 Å². The molecule has 0 saturated carbocycles. The van der Waals surface area contributed by atoms with Gasteiger partial charge in [-0.1, -0.05) is 0 Å². The summed E-state index contributed by atoms with van der Waals surface area (Å²) in [6, 6.07) is 5.17. The highest BCUT2D eigenvalue weighted by Gasteiger charge is 2.24. The first-order valence-corrected chi connectivity index (χ1v) is 6.26. The van der Waals surface area contributed by atoms with Crippen molar-refractivity contribution in [3.05, 3.63) is 39.9 Å². The Kier molecular flexibility index (Phi) is 2.80. The normalized spacial score (nSPS) is 22.5. The smallest absolute Gasteiger partial charge is 0.192 e. The quantitative estimate of drug-likeness (QED) is 0.845. The summed E-state index contributed by atoms with van der Waals surface area (Å²) in [4.78, 5) is 19.3. The number of nitrogens with zero attached hydrogens (tertiary/aromatic N) is 2. The van der Waals surface area contributed by atoms with Gasteiger partial charge in [-0.05, 0) is 25.8 Å². The summed E-state index contributed by atoms with van der Waals surface area (Å²) < 4.78 is 5.76. The van der Waals surface area contributed by atoms with Crippen molar-refractivity contribution in [3.8, 4) is 6.07 Å². The Balaban J connectivity index is 2.16. The molecule has 3 rings (SSSR count). The van der Waals surface area contributed by atoms with E-state index in [2.05, 4.69) is 9.97 Å². The first kappa shape index (κ1) is 11.9. The fraction of sp³-hybridized carbons (Fsp3) is 0.357. The number of hydrogen-bond donors (Lipinski definition) is 1. The molecule has 1 aliphatic rings. The Hall–Kier alpha value is -2.19. The molecule has 2 unspecified atom stereocenters. The zero-order valence-electron chi connectivity index (χ0n) is 10.5. The Labute approximate surface area is 109 Å². The third-order valence-corrected chi connectivity index (χ3v) is 3.45. The molecule has 1 N–H and O–H groups in total. The highest BCUT2D eigenvalue weighted by molar-refractivity contribution is 5.82. The molecule has 3 heterocycles. The van der Waals surface area contributed by atoms with Crippen LogP contribution in [0.15, 0.2) is 23.1 Å². The molecule has 0 amide bonds. The summed E-state index contributed by atoms with van der Waals surface area (Å²) >= 11 is 0. The van der Waals surface area contributed by atoms with E-state index in [0.717, 1.165) is 18.5 Å². The van der Waals surface area contributed by atoms with Gasteiger partial charge in [0.2, 0.25) is 0 Å². The molecule has 5 nitrogen and oxygen atoms in total. The molecule has 5 heteroatoms. The van der Waals surface area contributed by atoms with Gasteiger partial charge in [0.05, 0.1) is 23.1 Å². The highest BCUT2D eigenvalue weighted by atomic mass is 16.5. The number of H-pyrrole nitrogens is 1. The number of nitriles is 1. The number of fused-ring (bicyclic) bond motifs is 1. The molecular weight excluding hydrogens is 242 g/mol. The van der Waals surface area contributed by atoms with Gasteiger partial charge in [-0.2, -0.15) is 5.26 Å². The van der Waals surface area contributed by atoms with Gasteiger partial charge in [0.15, 0.2) is 11.1 Å². The van der Waals surface area contributed by atoms with E-state index in [-0.39, 0.29) is 23.3 Å². The van der Waals surface area contributed by atoms with E-state index in [1.54, 1.807) is 6.07 Å². The first-order valence-electron chi connectivity index (χ1n) is 6.26. The van der Waals surface area contributed by atoms with Gasteiger partial charge in [0.1, 0.15) is 6.07 Å². The topological polar surface area (TPSA) is 78.8 Å². The number of rotatable bonds is 1. The van der Waals surface area contributed by atoms with Crippen molar-refractivity contribution in [1.82, 2.24) is 9.97 Å². The lowest BCUT2D eigenvalue weighted by Gasteiger charge is -2.12. The minimum atomic E-state index is -0.184. The molecule has 1 aliphatic heterocycles. The Morgan fingerprint density at radius 2 is 2.37 bits per heavy atom. The minimum Gasteiger partial charge on any atom is -0.369 e. The third-order valence-electron chi connectivity index (χ3n) is 3.45. The Bertz CT molecular complexity index is 730. The average molecular weight is 255 g/mol. The van der Waals surface area contributed by atoms with Gasteiger partial charge in [0.25, 0.3) is 0 Å². The van der Waals surface area contributed by atoms with E-state index >= 15 is 0 Å². The SMILES string of the molecule is CC1CCC(c2cc(=O)c3c(C#N)nccc3[nH]2)O1. The van der Waals surface area contributed by atoms with Gasteiger partial charge >= 0.3 is 0 Å². The van der Waals surface area contributed by atoms with Gasteiger partial charge in [-0.3, -0.25) is 4.79 Å². The molecular formula is C14H13N3O2. The van der Waals surface area contributed by atoms with Crippen molar-refractivity contribution < 1.29 is 4.74 Å². The maximum Gasteiger partial charge on any atom is 0.192 e. The summed E-state index contributed by atoms with van der Waals surface area (Å²) in [5, 5.41) is 9.33. The molecule has 0 spiro atoms. The summed E-state index contributed by atoms with van der Waals surface area (Å²) in [7, 11) is 0. The predicted molar refractivity (Wildman–Crippen MR) is 69.6 cm³/mol. The van der Waals surface area contributed by atoms with Crippen molar-refractivity contribution in [2.75, 3.05) is 0 Å². The second kappa shape index (κ2) is 4.48. The minimum absolute atomic E-state index is 0.0641. The lowest BCUT2D eigenvalue weighted by Crippen LogP contribution is -2.11. The number of nitrogens with one attached hydrogen (secondary N) is 1. The van der Waals surface area contributed by atoms with Gasteiger partial charge < -0.3 is 9.72 Å². The van der Waals surface area contributed by atoms with Gasteiger partial charge in [-0.25, -0.2) is 4.98 Å². The van der Waals surface area contributed by atoms with E-state index in [4.69, 9.17) is 10.00 Å². The fourth-order valence-electron chi connectivity index (χ4n) is 2.51. The zero-order chi connectivity index (χ0) is 13.4. The molecule has 0 aromatic carbocycles. The zero-order valence-corrected chi connectivity index (χ0v) is 10.5. The summed E-state index contributed by atoms with van der Waals surface area (Å²) in [5.74, 6) is 0. The summed E-state index contributed by atoms with van der Waals surface area (Å²) in [6.45, 7) is 2.02. The van der Waals surface area contributed by atoms with Crippen LogP contribution < -0.4 is 5.43 Å². The van der Waals surface area contributed by atoms with Crippen LogP contribution in [0.1, 0.15) is 37.3 Å². The predicted octanol–water partition coefficient (Wildman–Crippen LogP) is 2.03. The standard InChI is InChI=1S/C14H13N3O2/c1-8-2-3-13(19-8)10-6-12(18)14-9(17-10)4-5-16-11(14)7-15/h4-6,8,13H,2-3H2,1H3,(H,17,18). The van der Waals surface area contributed by atoms with Crippen molar-refractivity contribution in [3.63, 3.8) is 0 Å². The lowest BCUT2D eigenvalue weighted by atomic mass is 10.1. The molecule has 0 radical (unpaired) electrons. The third kappa shape index (κ3) is 2.00. The largest absolute Gasteiger partial charge is 0.369 e. The van der Waals surface area contributed by atoms with Crippen molar-refractivity contribution in [2.24, 2.45) is 0 Å². The molecule has 1 saturated heterocycles. The summed E-state index contributed by atoms with van der Waals surface area (Å²) in [5.41, 5.74) is 1.39. The van der Waals surface area contributed by atoms with Crippen LogP contribution in [0.3, 0.4) is 0 Å². The number of pyridine rings is 2. The molecule has 1 fully saturated rings. The van der Waals surface area contributed by atoms with Crippen molar-refractivity contribution in [2.45, 2.75) is 32.0 Å². The summed E-state index contributed by atoms with van der Waals surface area (Å²) in [6.07, 6.45) is 3.57. The molecule has 0 aliphatic carbocycles. The molecule has 2 aromatic heterocycles. The lowest BCUT2D eigenvalue weighted by molar-refractivity contribution is 0.0532. The Morgan fingerprint density at radius 1 is 1.53 bits per heavy atom. The molecule has 2 aromatic rings. The van der Waals surface area contributed by atoms with Crippen LogP contribution in [0, 0.1) is 11.3 Å². The molecule has 96 valence electrons. The molecule has 19 heavy (non-hydrogen) atoms. The van der Waals surface area contributed by atoms with Crippen LogP contribution in [0.25, 0.3) is 10.9 Å². The van der Waals surface area contributed by atoms with E-state index in [9.17, 15) is 4.79 Å². The van der Waals surface area contributed by atoms with Crippen LogP contribution in [0.5, 0.6) is 0 Å². The molecule has 0 bridgehead atoms. The number of aromatic nitrogens is 2.